The van der Waals surface area contributed by atoms with Gasteiger partial charge in [-0.05, 0) is 61.4 Å². The highest BCUT2D eigenvalue weighted by atomic mass is 35.5. The van der Waals surface area contributed by atoms with E-state index in [4.69, 9.17) is 62.7 Å². The predicted molar refractivity (Wildman–Crippen MR) is 161 cm³/mol. The number of ether oxygens (including phenoxy) is 1. The predicted octanol–water partition coefficient (Wildman–Crippen LogP) is 8.07. The highest BCUT2D eigenvalue weighted by Crippen LogP contribution is 2.40. The normalized spacial score (nSPS) is 15.7. The third kappa shape index (κ3) is 7.45. The molecule has 3 aromatic rings. The summed E-state index contributed by atoms with van der Waals surface area (Å²) in [5.41, 5.74) is -0.739. The van der Waals surface area contributed by atoms with Crippen LogP contribution in [0.1, 0.15) is 35.2 Å². The lowest BCUT2D eigenvalue weighted by atomic mass is 9.94. The van der Waals surface area contributed by atoms with Crippen molar-refractivity contribution in [2.45, 2.75) is 23.6 Å². The van der Waals surface area contributed by atoms with Crippen molar-refractivity contribution < 1.29 is 27.9 Å². The average Bonchev–Trinajstić information content (AvgIpc) is 3.46. The summed E-state index contributed by atoms with van der Waals surface area (Å²) in [7, 11) is 0. The topological polar surface area (TPSA) is 96.5 Å². The molecule has 1 aliphatic heterocycles. The Balaban J connectivity index is 1.55. The molecule has 1 heterocycles. The van der Waals surface area contributed by atoms with E-state index in [1.54, 1.807) is 6.07 Å². The van der Waals surface area contributed by atoms with Gasteiger partial charge in [0, 0.05) is 12.3 Å². The molecule has 1 saturated heterocycles. The van der Waals surface area contributed by atoms with Crippen molar-refractivity contribution in [3.8, 4) is 0 Å². The number of halogens is 7. The molecule has 0 radical (unpaired) electrons. The van der Waals surface area contributed by atoms with Gasteiger partial charge in [0.2, 0.25) is 11.8 Å². The summed E-state index contributed by atoms with van der Waals surface area (Å²) in [6.07, 6.45) is 0.417. The fourth-order valence-electron chi connectivity index (χ4n) is 4.28. The summed E-state index contributed by atoms with van der Waals surface area (Å²) in [5, 5.41) is 7.63. The summed E-state index contributed by atoms with van der Waals surface area (Å²) in [6, 6.07) is 10.4. The average molecular weight is 680 g/mol. The third-order valence-corrected chi connectivity index (χ3v) is 7.92. The minimum atomic E-state index is -1.58. The zero-order chi connectivity index (χ0) is 30.8. The van der Waals surface area contributed by atoms with Crippen LogP contribution in [0.4, 0.5) is 25.8 Å². The van der Waals surface area contributed by atoms with E-state index in [9.17, 15) is 18.8 Å². The smallest absolute Gasteiger partial charge is 0.257 e. The Morgan fingerprint density at radius 1 is 0.929 bits per heavy atom. The van der Waals surface area contributed by atoms with Crippen LogP contribution in [0.2, 0.25) is 15.1 Å². The highest BCUT2D eigenvalue weighted by molar-refractivity contribution is 6.50. The van der Waals surface area contributed by atoms with Gasteiger partial charge in [0.05, 0.1) is 44.8 Å². The Kier molecular flexibility index (Phi) is 10.2. The van der Waals surface area contributed by atoms with Gasteiger partial charge in [0.1, 0.15) is 15.8 Å². The zero-order valence-corrected chi connectivity index (χ0v) is 25.5. The Morgan fingerprint density at radius 3 is 2.29 bits per heavy atom. The summed E-state index contributed by atoms with van der Waals surface area (Å²) in [4.78, 5) is 38.8. The Hall–Kier alpha value is -2.66. The lowest BCUT2D eigenvalue weighted by Gasteiger charge is -2.26. The summed E-state index contributed by atoms with van der Waals surface area (Å²) < 4.78 is 33.2. The van der Waals surface area contributed by atoms with Crippen LogP contribution in [0.15, 0.2) is 48.5 Å². The third-order valence-electron chi connectivity index (χ3n) is 6.41. The molecule has 3 N–H and O–H groups in total. The van der Waals surface area contributed by atoms with Crippen LogP contribution in [0, 0.1) is 17.6 Å². The number of carbonyl (C=O) groups is 3. The lowest BCUT2D eigenvalue weighted by Crippen LogP contribution is -2.32. The second-order valence-electron chi connectivity index (χ2n) is 9.53. The van der Waals surface area contributed by atoms with E-state index in [0.29, 0.717) is 18.6 Å². The van der Waals surface area contributed by atoms with Crippen molar-refractivity contribution >= 4 is 92.8 Å². The van der Waals surface area contributed by atoms with Gasteiger partial charge >= 0.3 is 0 Å². The van der Waals surface area contributed by atoms with E-state index in [0.717, 1.165) is 12.1 Å². The lowest BCUT2D eigenvalue weighted by molar-refractivity contribution is -0.120. The van der Waals surface area contributed by atoms with Crippen LogP contribution in [0.3, 0.4) is 0 Å². The zero-order valence-electron chi connectivity index (χ0n) is 21.7. The first-order chi connectivity index (χ1) is 19.8. The second kappa shape index (κ2) is 13.3. The van der Waals surface area contributed by atoms with Gasteiger partial charge in [-0.1, -0.05) is 40.9 Å². The van der Waals surface area contributed by atoms with Gasteiger partial charge in [0.25, 0.3) is 5.91 Å². The molecule has 1 unspecified atom stereocenters. The largest absolute Gasteiger partial charge is 0.381 e. The number of benzene rings is 3. The van der Waals surface area contributed by atoms with E-state index in [2.05, 4.69) is 16.0 Å². The van der Waals surface area contributed by atoms with Gasteiger partial charge in [-0.15, -0.1) is 23.2 Å². The number of nitrogens with one attached hydrogen (secondary N) is 3. The molecule has 0 aliphatic carbocycles. The molecule has 42 heavy (non-hydrogen) atoms. The number of hydrogen-bond donors (Lipinski definition) is 3. The number of rotatable bonds is 8. The number of hydrogen-bond acceptors (Lipinski definition) is 4. The van der Waals surface area contributed by atoms with Crippen LogP contribution >= 0.6 is 58.0 Å². The SMILES string of the molecule is CC(Cl)(Cl)[C@H](C(=O)Nc1ccc(Cl)c(C(=O)Nc2ccc(F)c(NC(=O)C3CCOC3)c2F)c1)c1ccc(Cl)c(Cl)c1. The van der Waals surface area contributed by atoms with Crippen molar-refractivity contribution in [1.29, 1.82) is 0 Å². The van der Waals surface area contributed by atoms with Crippen molar-refractivity contribution in [2.24, 2.45) is 5.92 Å². The molecule has 7 nitrogen and oxygen atoms in total. The van der Waals surface area contributed by atoms with Gasteiger partial charge < -0.3 is 20.7 Å². The monoisotopic (exact) mass is 677 g/mol. The standard InChI is InChI=1S/C28H22Cl5F2N3O4/c1-28(32,33)22(13-2-4-18(30)19(31)10-13)27(41)36-15-3-5-17(29)16(11-15)26(40)37-21-7-6-20(34)24(23(21)35)38-25(39)14-8-9-42-12-14/h2-7,10-11,14,22H,8-9,12H2,1H3,(H,36,41)(H,37,40)(H,38,39)/t14?,22-/m0/s1. The number of alkyl halides is 2. The van der Waals surface area contributed by atoms with E-state index >= 15 is 4.39 Å². The summed E-state index contributed by atoms with van der Waals surface area (Å²) in [5.74, 6) is -5.99. The fraction of sp³-hybridized carbons (Fsp3) is 0.250. The molecule has 14 heteroatoms. The first kappa shape index (κ1) is 32.3. The van der Waals surface area contributed by atoms with Crippen LogP contribution in [-0.4, -0.2) is 35.3 Å². The van der Waals surface area contributed by atoms with Crippen molar-refractivity contribution in [3.05, 3.63) is 86.4 Å². The molecular weight excluding hydrogens is 658 g/mol. The van der Waals surface area contributed by atoms with Crippen LogP contribution in [0.5, 0.6) is 0 Å². The fourth-order valence-corrected chi connectivity index (χ4v) is 5.24. The molecule has 0 saturated carbocycles. The minimum absolute atomic E-state index is 0.0247. The van der Waals surface area contributed by atoms with E-state index in [1.165, 1.54) is 37.3 Å². The molecular formula is C28H22Cl5F2N3O4. The number of anilines is 3. The Morgan fingerprint density at radius 2 is 1.64 bits per heavy atom. The molecule has 3 amide bonds. The van der Waals surface area contributed by atoms with Crippen molar-refractivity contribution in [2.75, 3.05) is 29.2 Å². The maximum atomic E-state index is 15.2. The molecule has 0 bridgehead atoms. The summed E-state index contributed by atoms with van der Waals surface area (Å²) >= 11 is 31.0. The molecule has 1 fully saturated rings. The molecule has 222 valence electrons. The van der Waals surface area contributed by atoms with Gasteiger partial charge in [-0.2, -0.15) is 0 Å². The van der Waals surface area contributed by atoms with Crippen LogP contribution < -0.4 is 16.0 Å². The highest BCUT2D eigenvalue weighted by Gasteiger charge is 2.38. The van der Waals surface area contributed by atoms with Crippen molar-refractivity contribution in [3.63, 3.8) is 0 Å². The quantitative estimate of drug-likeness (QED) is 0.210. The molecule has 1 aliphatic rings. The van der Waals surface area contributed by atoms with Gasteiger partial charge in [-0.3, -0.25) is 14.4 Å². The Labute approximate surface area is 264 Å². The second-order valence-corrected chi connectivity index (χ2v) is 12.5. The van der Waals surface area contributed by atoms with Crippen molar-refractivity contribution in [1.82, 2.24) is 0 Å². The first-order valence-corrected chi connectivity index (χ1v) is 14.3. The van der Waals surface area contributed by atoms with Crippen LogP contribution in [-0.2, 0) is 14.3 Å². The molecule has 0 aromatic heterocycles. The van der Waals surface area contributed by atoms with E-state index in [1.807, 2.05) is 0 Å². The van der Waals surface area contributed by atoms with Crippen LogP contribution in [0.25, 0.3) is 0 Å². The number of amides is 3. The van der Waals surface area contributed by atoms with Gasteiger partial charge in [0.15, 0.2) is 5.82 Å². The maximum Gasteiger partial charge on any atom is 0.257 e. The first-order valence-electron chi connectivity index (χ1n) is 12.4. The Bertz CT molecular complexity index is 1540. The van der Waals surface area contributed by atoms with Gasteiger partial charge in [-0.25, -0.2) is 8.78 Å². The summed E-state index contributed by atoms with van der Waals surface area (Å²) in [6.45, 7) is 1.94. The number of carbonyl (C=O) groups excluding carboxylic acids is 3. The molecule has 4 rings (SSSR count). The minimum Gasteiger partial charge on any atom is -0.381 e. The van der Waals surface area contributed by atoms with E-state index < -0.39 is 56.9 Å². The molecule has 2 atom stereocenters. The maximum absolute atomic E-state index is 15.2. The molecule has 0 spiro atoms. The van der Waals surface area contributed by atoms with E-state index in [-0.39, 0.29) is 32.9 Å². The molecule has 3 aromatic carbocycles.